The highest BCUT2D eigenvalue weighted by atomic mass is 16.5. The molecular formula is C30H44N8O5. The van der Waals surface area contributed by atoms with E-state index in [1.54, 1.807) is 0 Å². The summed E-state index contributed by atoms with van der Waals surface area (Å²) in [6, 6.07) is 7.78. The Morgan fingerprint density at radius 3 is 2.58 bits per heavy atom. The molecule has 3 aromatic rings. The third kappa shape index (κ3) is 9.01. The van der Waals surface area contributed by atoms with Crippen LogP contribution in [0.5, 0.6) is 6.01 Å². The van der Waals surface area contributed by atoms with Gasteiger partial charge in [-0.25, -0.2) is 4.79 Å². The van der Waals surface area contributed by atoms with Crippen molar-refractivity contribution in [3.63, 3.8) is 0 Å². The zero-order chi connectivity index (χ0) is 30.8. The minimum absolute atomic E-state index is 0.0349. The Morgan fingerprint density at radius 1 is 1.07 bits per heavy atom. The van der Waals surface area contributed by atoms with Gasteiger partial charge in [0.15, 0.2) is 11.5 Å². The lowest BCUT2D eigenvalue weighted by Crippen LogP contribution is -2.42. The number of unbranched alkanes of at least 4 members (excludes halogenated alkanes) is 1. The summed E-state index contributed by atoms with van der Waals surface area (Å²) < 4.78 is 11.9. The molecule has 1 amide bonds. The fourth-order valence-electron chi connectivity index (χ4n) is 5.09. The van der Waals surface area contributed by atoms with Crippen molar-refractivity contribution in [3.05, 3.63) is 45.9 Å². The van der Waals surface area contributed by atoms with Gasteiger partial charge < -0.3 is 30.0 Å². The number of aromatic nitrogens is 4. The largest absolute Gasteiger partial charge is 0.469 e. The highest BCUT2D eigenvalue weighted by Gasteiger charge is 2.21. The number of nitrogens with one attached hydrogen (secondary N) is 1. The molecule has 4 rings (SSSR count). The maximum absolute atomic E-state index is 13.6. The van der Waals surface area contributed by atoms with Crippen molar-refractivity contribution >= 4 is 28.9 Å². The number of carbonyl (C=O) groups excluding carboxylic acids is 2. The zero-order valence-electron chi connectivity index (χ0n) is 25.5. The number of hydrogen-bond donors (Lipinski definition) is 2. The van der Waals surface area contributed by atoms with Crippen LogP contribution in [0.25, 0.3) is 11.2 Å². The number of ether oxygens (including phenoxy) is 2. The molecule has 43 heavy (non-hydrogen) atoms. The number of imidazole rings is 1. The van der Waals surface area contributed by atoms with Gasteiger partial charge in [0.05, 0.1) is 26.7 Å². The van der Waals surface area contributed by atoms with Crippen LogP contribution in [0.3, 0.4) is 0 Å². The molecule has 3 heterocycles. The second-order valence-electron chi connectivity index (χ2n) is 11.0. The monoisotopic (exact) mass is 596 g/mol. The second-order valence-corrected chi connectivity index (χ2v) is 11.0. The number of rotatable bonds is 14. The number of likely N-dealkylation sites (N-methyl/N-ethyl adjacent to an activating group) is 1. The lowest BCUT2D eigenvalue weighted by atomic mass is 10.1. The smallest absolute Gasteiger partial charge is 0.327 e. The molecular weight excluding hydrogens is 552 g/mol. The van der Waals surface area contributed by atoms with Crippen LogP contribution in [-0.4, -0.2) is 106 Å². The van der Waals surface area contributed by atoms with Crippen molar-refractivity contribution in [3.8, 4) is 6.01 Å². The zero-order valence-corrected chi connectivity index (χ0v) is 25.5. The van der Waals surface area contributed by atoms with Gasteiger partial charge in [0.2, 0.25) is 5.91 Å². The van der Waals surface area contributed by atoms with Crippen molar-refractivity contribution in [2.45, 2.75) is 52.1 Å². The Bertz CT molecular complexity index is 1420. The molecule has 2 aromatic heterocycles. The summed E-state index contributed by atoms with van der Waals surface area (Å²) in [7, 11) is 3.47. The Balaban J connectivity index is 1.47. The number of carbonyl (C=O) groups is 2. The van der Waals surface area contributed by atoms with Gasteiger partial charge in [-0.1, -0.05) is 37.6 Å². The van der Waals surface area contributed by atoms with Gasteiger partial charge in [-0.2, -0.15) is 9.97 Å². The first kappa shape index (κ1) is 32.0. The number of hydrogen-bond acceptors (Lipinski definition) is 10. The number of nitrogens with two attached hydrogens (primary N) is 1. The third-order valence-electron chi connectivity index (χ3n) is 7.67. The normalized spacial score (nSPS) is 14.5. The number of fused-ring (bicyclic) bond motifs is 1. The van der Waals surface area contributed by atoms with Crippen LogP contribution >= 0.6 is 0 Å². The molecule has 0 saturated carbocycles. The van der Waals surface area contributed by atoms with Gasteiger partial charge in [0.1, 0.15) is 5.52 Å². The van der Waals surface area contributed by atoms with Crippen LogP contribution in [0, 0.1) is 0 Å². The van der Waals surface area contributed by atoms with E-state index >= 15 is 0 Å². The minimum atomic E-state index is -0.338. The average Bonchev–Trinajstić information content (AvgIpc) is 3.16. The number of esters is 1. The molecule has 1 aliphatic rings. The molecule has 13 nitrogen and oxygen atoms in total. The predicted molar refractivity (Wildman–Crippen MR) is 164 cm³/mol. The fourth-order valence-corrected chi connectivity index (χ4v) is 5.09. The summed E-state index contributed by atoms with van der Waals surface area (Å²) in [5.41, 5.74) is 8.32. The molecule has 1 saturated heterocycles. The average molecular weight is 597 g/mol. The van der Waals surface area contributed by atoms with E-state index < -0.39 is 0 Å². The Morgan fingerprint density at radius 2 is 1.84 bits per heavy atom. The highest BCUT2D eigenvalue weighted by molar-refractivity contribution is 5.82. The molecule has 0 spiro atoms. The predicted octanol–water partition coefficient (Wildman–Crippen LogP) is 1.65. The summed E-state index contributed by atoms with van der Waals surface area (Å²) in [5.74, 6) is -0.109. The maximum atomic E-state index is 13.6. The molecule has 13 heteroatoms. The van der Waals surface area contributed by atoms with Crippen LogP contribution < -0.4 is 16.2 Å². The summed E-state index contributed by atoms with van der Waals surface area (Å²) >= 11 is 0. The quantitative estimate of drug-likeness (QED) is 0.208. The number of amides is 1. The Hall–Kier alpha value is -3.97. The number of anilines is 1. The van der Waals surface area contributed by atoms with E-state index in [1.165, 1.54) is 11.7 Å². The van der Waals surface area contributed by atoms with Crippen LogP contribution in [0.15, 0.2) is 29.1 Å². The molecule has 0 bridgehead atoms. The molecule has 3 N–H and O–H groups in total. The first-order chi connectivity index (χ1) is 20.8. The maximum Gasteiger partial charge on any atom is 0.327 e. The summed E-state index contributed by atoms with van der Waals surface area (Å²) in [5, 5.41) is 0. The Kier molecular flexibility index (Phi) is 11.5. The molecule has 0 radical (unpaired) electrons. The van der Waals surface area contributed by atoms with Gasteiger partial charge >= 0.3 is 17.7 Å². The van der Waals surface area contributed by atoms with E-state index in [9.17, 15) is 14.4 Å². The highest BCUT2D eigenvalue weighted by Crippen LogP contribution is 2.18. The van der Waals surface area contributed by atoms with Gasteiger partial charge in [0, 0.05) is 32.7 Å². The number of nitrogens with zero attached hydrogens (tertiary/aromatic N) is 6. The van der Waals surface area contributed by atoms with Crippen LogP contribution in [0.1, 0.15) is 43.7 Å². The van der Waals surface area contributed by atoms with Crippen molar-refractivity contribution in [1.82, 2.24) is 34.2 Å². The molecule has 0 unspecified atom stereocenters. The molecule has 234 valence electrons. The van der Waals surface area contributed by atoms with E-state index in [0.29, 0.717) is 50.4 Å². The van der Waals surface area contributed by atoms with Gasteiger partial charge in [-0.3, -0.25) is 19.1 Å². The van der Waals surface area contributed by atoms with E-state index in [-0.39, 0.29) is 35.8 Å². The topological polar surface area (TPSA) is 152 Å². The molecule has 1 aliphatic heterocycles. The summed E-state index contributed by atoms with van der Waals surface area (Å²) in [6.45, 7) is 7.71. The number of aryl methyl sites for hydroxylation is 1. The van der Waals surface area contributed by atoms with E-state index in [4.69, 9.17) is 15.2 Å². The second kappa shape index (κ2) is 15.5. The SMILES string of the molecule is CCCCOc1nc(N)c2[nH]c(=O)n(CCCN(Cc3ccc(CC(=O)OC)cc3)C(=O)CN3CCCN(C)CC3)c2n1. The lowest BCUT2D eigenvalue weighted by Gasteiger charge is -2.27. The first-order valence-corrected chi connectivity index (χ1v) is 15.0. The van der Waals surface area contributed by atoms with Crippen LogP contribution in [0.2, 0.25) is 0 Å². The molecule has 1 fully saturated rings. The van der Waals surface area contributed by atoms with Gasteiger partial charge in [-0.15, -0.1) is 0 Å². The van der Waals surface area contributed by atoms with Gasteiger partial charge in [-0.05, 0) is 50.5 Å². The van der Waals surface area contributed by atoms with Crippen LogP contribution in [0.4, 0.5) is 5.82 Å². The van der Waals surface area contributed by atoms with E-state index in [0.717, 1.165) is 56.6 Å². The van der Waals surface area contributed by atoms with Crippen molar-refractivity contribution < 1.29 is 19.1 Å². The van der Waals surface area contributed by atoms with Gasteiger partial charge in [0.25, 0.3) is 0 Å². The standard InChI is InChI=1S/C30H44N8O5/c1-4-5-18-43-29-33-27(31)26-28(34-29)38(30(41)32-26)15-7-14-37(24(39)21-36-13-6-12-35(2)16-17-36)20-23-10-8-22(9-11-23)19-25(40)42-3/h8-11H,4-7,12-21H2,1-3H3,(H,32,41)(H2,31,33,34). The van der Waals surface area contributed by atoms with Crippen LogP contribution in [-0.2, 0) is 33.8 Å². The molecule has 0 atom stereocenters. The molecule has 0 aliphatic carbocycles. The van der Waals surface area contributed by atoms with Crippen molar-refractivity contribution in [2.75, 3.05) is 65.8 Å². The molecule has 1 aromatic carbocycles. The Labute approximate surface area is 252 Å². The summed E-state index contributed by atoms with van der Waals surface area (Å²) in [4.78, 5) is 55.8. The van der Waals surface area contributed by atoms with Crippen molar-refractivity contribution in [2.24, 2.45) is 0 Å². The number of methoxy groups -OCH3 is 1. The first-order valence-electron chi connectivity index (χ1n) is 15.0. The minimum Gasteiger partial charge on any atom is -0.469 e. The number of nitrogen functional groups attached to an aromatic ring is 1. The summed E-state index contributed by atoms with van der Waals surface area (Å²) in [6.07, 6.45) is 3.56. The van der Waals surface area contributed by atoms with Crippen molar-refractivity contribution in [1.29, 1.82) is 0 Å². The number of aromatic amines is 1. The number of H-pyrrole nitrogens is 1. The number of benzene rings is 1. The van der Waals surface area contributed by atoms with E-state index in [2.05, 4.69) is 38.7 Å². The van der Waals surface area contributed by atoms with E-state index in [1.807, 2.05) is 29.2 Å². The fraction of sp³-hybridized carbons (Fsp3) is 0.567. The lowest BCUT2D eigenvalue weighted by molar-refractivity contribution is -0.139. The third-order valence-corrected chi connectivity index (χ3v) is 7.67.